The molecule has 0 spiro atoms. The van der Waals surface area contributed by atoms with Crippen molar-refractivity contribution in [1.82, 2.24) is 14.7 Å². The van der Waals surface area contributed by atoms with E-state index in [1.165, 1.54) is 11.0 Å². The summed E-state index contributed by atoms with van der Waals surface area (Å²) in [5.74, 6) is -1.29. The second kappa shape index (κ2) is 13.7. The number of anilines is 2. The number of cyclic esters (lactones) is 1. The highest BCUT2D eigenvalue weighted by atomic mass is 31.1. The third-order valence-corrected chi connectivity index (χ3v) is 7.38. The third-order valence-electron chi connectivity index (χ3n) is 7.08. The summed E-state index contributed by atoms with van der Waals surface area (Å²) in [6, 6.07) is 13.2. The average molecular weight is 644 g/mol. The first-order valence-corrected chi connectivity index (χ1v) is 14.7. The second-order valence-corrected chi connectivity index (χ2v) is 10.6. The monoisotopic (exact) mass is 643 g/mol. The zero-order valence-corrected chi connectivity index (χ0v) is 25.6. The summed E-state index contributed by atoms with van der Waals surface area (Å²) in [6.07, 6.45) is -3.69. The van der Waals surface area contributed by atoms with Gasteiger partial charge in [0.05, 0.1) is 49.9 Å². The van der Waals surface area contributed by atoms with E-state index in [1.54, 1.807) is 54.1 Å². The highest BCUT2D eigenvalue weighted by Gasteiger charge is 2.44. The molecule has 0 radical (unpaired) electrons. The molecule has 0 bridgehead atoms. The van der Waals surface area contributed by atoms with Gasteiger partial charge in [-0.25, -0.2) is 23.4 Å². The normalized spacial score (nSPS) is 17.2. The van der Waals surface area contributed by atoms with Crippen LogP contribution < -0.4 is 9.80 Å². The van der Waals surface area contributed by atoms with Crippen molar-refractivity contribution in [3.8, 4) is 0 Å². The van der Waals surface area contributed by atoms with Crippen LogP contribution in [0, 0.1) is 5.82 Å². The van der Waals surface area contributed by atoms with Crippen molar-refractivity contribution in [2.24, 2.45) is 7.05 Å². The van der Waals surface area contributed by atoms with E-state index in [9.17, 15) is 18.9 Å². The molecule has 3 heterocycles. The number of benzene rings is 2. The van der Waals surface area contributed by atoms with E-state index < -0.39 is 51.4 Å². The summed E-state index contributed by atoms with van der Waals surface area (Å²) in [6.45, 7) is 2.89. The molecule has 14 nitrogen and oxygen atoms in total. The summed E-state index contributed by atoms with van der Waals surface area (Å²) in [7, 11) is 0.904. The minimum atomic E-state index is -2.55. The lowest BCUT2D eigenvalue weighted by molar-refractivity contribution is -0.452. The van der Waals surface area contributed by atoms with Crippen molar-refractivity contribution in [3.63, 3.8) is 0 Å². The molecule has 0 aliphatic carbocycles. The molecule has 1 fully saturated rings. The Kier molecular flexibility index (Phi) is 9.73. The summed E-state index contributed by atoms with van der Waals surface area (Å²) in [5, 5.41) is 4.39. The van der Waals surface area contributed by atoms with E-state index in [2.05, 4.69) is 5.10 Å². The van der Waals surface area contributed by atoms with Crippen molar-refractivity contribution in [3.05, 3.63) is 77.4 Å². The zero-order chi connectivity index (χ0) is 32.1. The van der Waals surface area contributed by atoms with E-state index in [0.717, 1.165) is 18.2 Å². The van der Waals surface area contributed by atoms with Gasteiger partial charge in [0.25, 0.3) is 0 Å². The lowest BCUT2D eigenvalue weighted by Gasteiger charge is -2.30. The Hall–Kier alpha value is -4.43. The fraction of sp³-hybridized carbons (Fsp3) is 0.379. The fourth-order valence-corrected chi connectivity index (χ4v) is 5.28. The highest BCUT2D eigenvalue weighted by Crippen LogP contribution is 2.33. The number of hydrogen-bond acceptors (Lipinski definition) is 11. The molecule has 2 atom stereocenters. The van der Waals surface area contributed by atoms with Crippen LogP contribution in [-0.4, -0.2) is 64.7 Å². The average Bonchev–Trinajstić information content (AvgIpc) is 3.67. The number of imide groups is 1. The Morgan fingerprint density at radius 2 is 1.96 bits per heavy atom. The number of rotatable bonds is 12. The Morgan fingerprint density at radius 1 is 1.18 bits per heavy atom. The van der Waals surface area contributed by atoms with E-state index in [4.69, 9.17) is 23.5 Å². The molecule has 1 unspecified atom stereocenters. The van der Waals surface area contributed by atoms with Gasteiger partial charge in [-0.1, -0.05) is 30.3 Å². The van der Waals surface area contributed by atoms with Gasteiger partial charge < -0.3 is 14.4 Å². The lowest BCUT2D eigenvalue weighted by atomic mass is 10.2. The molecule has 16 heteroatoms. The van der Waals surface area contributed by atoms with Crippen LogP contribution in [0.5, 0.6) is 0 Å². The topological polar surface area (TPSA) is 142 Å². The van der Waals surface area contributed by atoms with Gasteiger partial charge in [-0.15, -0.1) is 0 Å². The van der Waals surface area contributed by atoms with Crippen LogP contribution in [0.25, 0.3) is 0 Å². The fourth-order valence-electron chi connectivity index (χ4n) is 5.05. The van der Waals surface area contributed by atoms with Crippen molar-refractivity contribution in [2.45, 2.75) is 45.8 Å². The number of fused-ring (bicyclic) bond motifs is 1. The van der Waals surface area contributed by atoms with E-state index >= 15 is 4.39 Å². The van der Waals surface area contributed by atoms with Crippen LogP contribution in [0.15, 0.2) is 54.7 Å². The second-order valence-electron chi connectivity index (χ2n) is 10.3. The molecule has 5 rings (SSSR count). The maximum Gasteiger partial charge on any atom is 0.475 e. The molecule has 3 aromatic rings. The van der Waals surface area contributed by atoms with Gasteiger partial charge in [0.1, 0.15) is 11.9 Å². The number of aromatic nitrogens is 2. The summed E-state index contributed by atoms with van der Waals surface area (Å²) in [5.41, 5.74) is 3.16. The smallest absolute Gasteiger partial charge is 0.442 e. The lowest BCUT2D eigenvalue weighted by Crippen LogP contribution is -2.49. The number of hydrogen-bond donors (Lipinski definition) is 0. The molecule has 2 aliphatic heterocycles. The summed E-state index contributed by atoms with van der Waals surface area (Å²) < 4.78 is 55.0. The van der Waals surface area contributed by atoms with Gasteiger partial charge in [-0.05, 0) is 30.7 Å². The summed E-state index contributed by atoms with van der Waals surface area (Å²) in [4.78, 5) is 42.2. The largest absolute Gasteiger partial charge is 0.475 e. The Labute approximate surface area is 259 Å². The Balaban J connectivity index is 1.24. The van der Waals surface area contributed by atoms with Gasteiger partial charge in [0, 0.05) is 32.3 Å². The zero-order valence-electron chi connectivity index (χ0n) is 24.8. The SMILES string of the molecule is CCOC(OCc1ccccc1)(OP=O)OC(=O)N(C[C@H]1CN(c2ccc(N3Cc4cn(C)nc4C3)c(F)c2)C(=O)O1)C(C)=O. The first-order chi connectivity index (χ1) is 21.6. The van der Waals surface area contributed by atoms with E-state index in [-0.39, 0.29) is 25.4 Å². The van der Waals surface area contributed by atoms with Gasteiger partial charge in [0.2, 0.25) is 5.91 Å². The predicted molar refractivity (Wildman–Crippen MR) is 155 cm³/mol. The number of ether oxygens (including phenoxy) is 4. The van der Waals surface area contributed by atoms with Crippen LogP contribution in [0.1, 0.15) is 30.7 Å². The van der Waals surface area contributed by atoms with E-state index in [1.807, 2.05) is 18.1 Å². The molecule has 1 saturated heterocycles. The molecular formula is C29H31FN5O9P. The van der Waals surface area contributed by atoms with Crippen LogP contribution in [0.4, 0.5) is 25.4 Å². The summed E-state index contributed by atoms with van der Waals surface area (Å²) >= 11 is 0. The third kappa shape index (κ3) is 7.28. The molecular weight excluding hydrogens is 612 g/mol. The molecule has 2 aromatic carbocycles. The van der Waals surface area contributed by atoms with Crippen molar-refractivity contribution in [2.75, 3.05) is 29.5 Å². The number of halogens is 1. The molecule has 0 N–H and O–H groups in total. The molecule has 2 aliphatic rings. The number of carbonyl (C=O) groups is 3. The van der Waals surface area contributed by atoms with Crippen LogP contribution in [0.2, 0.25) is 0 Å². The maximum absolute atomic E-state index is 15.2. The van der Waals surface area contributed by atoms with Crippen molar-refractivity contribution >= 4 is 38.2 Å². The van der Waals surface area contributed by atoms with Gasteiger partial charge in [-0.2, -0.15) is 9.62 Å². The van der Waals surface area contributed by atoms with Crippen molar-refractivity contribution < 1.29 is 46.8 Å². The van der Waals surface area contributed by atoms with Crippen LogP contribution >= 0.6 is 8.69 Å². The van der Waals surface area contributed by atoms with Crippen LogP contribution in [0.3, 0.4) is 0 Å². The minimum absolute atomic E-state index is 0.0794. The molecule has 1 aromatic heterocycles. The number of amides is 3. The number of carbonyl (C=O) groups excluding carboxylic acids is 3. The Bertz CT molecular complexity index is 1550. The quantitative estimate of drug-likeness (QED) is 0.204. The molecule has 0 saturated carbocycles. The first-order valence-electron chi connectivity index (χ1n) is 14.0. The predicted octanol–water partition coefficient (Wildman–Crippen LogP) is 4.48. The number of nitrogens with zero attached hydrogens (tertiary/aromatic N) is 5. The standard InChI is InChI=1S/C29H31FN5O9P/c1-4-40-29(44-45-39,41-18-20-8-6-5-7-9-20)43-28(38)34(19(2)36)15-23-16-35(27(37)42-23)22-10-11-26(24(30)12-22)33-14-21-13-32(3)31-25(21)17-33/h5-13,23H,4,14-18H2,1-3H3/t23-,29?/m0/s1. The molecule has 45 heavy (non-hydrogen) atoms. The van der Waals surface area contributed by atoms with Crippen molar-refractivity contribution in [1.29, 1.82) is 0 Å². The van der Waals surface area contributed by atoms with Crippen LogP contribution in [-0.2, 0) is 59.6 Å². The van der Waals surface area contributed by atoms with Gasteiger partial charge >= 0.3 is 27.0 Å². The first kappa shape index (κ1) is 32.0. The maximum atomic E-state index is 15.2. The molecule has 3 amide bonds. The number of aryl methyl sites for hydroxylation is 1. The van der Waals surface area contributed by atoms with Gasteiger partial charge in [0.15, 0.2) is 0 Å². The highest BCUT2D eigenvalue weighted by molar-refractivity contribution is 7.17. The minimum Gasteiger partial charge on any atom is -0.442 e. The Morgan fingerprint density at radius 3 is 2.62 bits per heavy atom. The molecule has 238 valence electrons. The van der Waals surface area contributed by atoms with E-state index in [0.29, 0.717) is 29.2 Å². The van der Waals surface area contributed by atoms with Gasteiger partial charge in [-0.3, -0.25) is 23.8 Å².